The molecule has 2 heterocycles. The lowest BCUT2D eigenvalue weighted by Crippen LogP contribution is -2.04. The van der Waals surface area contributed by atoms with Gasteiger partial charge >= 0.3 is 0 Å². The molecule has 5 heteroatoms. The van der Waals surface area contributed by atoms with Gasteiger partial charge in [-0.05, 0) is 32.4 Å². The lowest BCUT2D eigenvalue weighted by molar-refractivity contribution is 0.478. The third kappa shape index (κ3) is 2.33. The molecule has 0 aromatic carbocycles. The molecule has 0 atom stereocenters. The van der Waals surface area contributed by atoms with E-state index in [0.717, 1.165) is 17.0 Å². The summed E-state index contributed by atoms with van der Waals surface area (Å²) >= 11 is 0. The maximum absolute atomic E-state index is 9.08. The number of nitrogens with one attached hydrogen (secondary N) is 1. The SMILES string of the molecule is Cc1ccnc(NCc2nc(C)c(C)o2)c1C#N. The van der Waals surface area contributed by atoms with Crippen LogP contribution in [-0.2, 0) is 6.54 Å². The highest BCUT2D eigenvalue weighted by Gasteiger charge is 2.09. The van der Waals surface area contributed by atoms with Crippen molar-refractivity contribution in [3.8, 4) is 6.07 Å². The Morgan fingerprint density at radius 2 is 2.17 bits per heavy atom. The molecule has 1 N–H and O–H groups in total. The second kappa shape index (κ2) is 4.88. The molecule has 92 valence electrons. The normalized spacial score (nSPS) is 10.1. The van der Waals surface area contributed by atoms with Crippen LogP contribution in [0.5, 0.6) is 0 Å². The van der Waals surface area contributed by atoms with Crippen LogP contribution in [0.1, 0.15) is 28.5 Å². The number of nitriles is 1. The van der Waals surface area contributed by atoms with Gasteiger partial charge in [0.05, 0.1) is 17.8 Å². The monoisotopic (exact) mass is 242 g/mol. The fourth-order valence-corrected chi connectivity index (χ4v) is 1.61. The number of aromatic nitrogens is 2. The van der Waals surface area contributed by atoms with Crippen molar-refractivity contribution < 1.29 is 4.42 Å². The second-order valence-corrected chi connectivity index (χ2v) is 4.07. The van der Waals surface area contributed by atoms with Crippen LogP contribution >= 0.6 is 0 Å². The quantitative estimate of drug-likeness (QED) is 0.894. The summed E-state index contributed by atoms with van der Waals surface area (Å²) in [7, 11) is 0. The molecule has 18 heavy (non-hydrogen) atoms. The third-order valence-electron chi connectivity index (χ3n) is 2.75. The predicted molar refractivity (Wildman–Crippen MR) is 67.0 cm³/mol. The van der Waals surface area contributed by atoms with Crippen molar-refractivity contribution >= 4 is 5.82 Å². The molecule has 0 aliphatic carbocycles. The summed E-state index contributed by atoms with van der Waals surface area (Å²) in [4.78, 5) is 8.41. The lowest BCUT2D eigenvalue weighted by atomic mass is 10.1. The van der Waals surface area contributed by atoms with E-state index < -0.39 is 0 Å². The minimum atomic E-state index is 0.416. The fourth-order valence-electron chi connectivity index (χ4n) is 1.61. The van der Waals surface area contributed by atoms with Crippen molar-refractivity contribution in [3.63, 3.8) is 0 Å². The number of pyridine rings is 1. The van der Waals surface area contributed by atoms with Crippen molar-refractivity contribution in [2.75, 3.05) is 5.32 Å². The molecular weight excluding hydrogens is 228 g/mol. The Bertz CT molecular complexity index is 590. The molecule has 0 aliphatic rings. The molecule has 0 radical (unpaired) electrons. The zero-order chi connectivity index (χ0) is 13.1. The van der Waals surface area contributed by atoms with Crippen LogP contribution in [0.25, 0.3) is 0 Å². The predicted octanol–water partition coefficient (Wildman–Crippen LogP) is 2.48. The van der Waals surface area contributed by atoms with Crippen molar-refractivity contribution in [2.45, 2.75) is 27.3 Å². The van der Waals surface area contributed by atoms with Crippen LogP contribution < -0.4 is 5.32 Å². The van der Waals surface area contributed by atoms with Crippen molar-refractivity contribution in [1.82, 2.24) is 9.97 Å². The summed E-state index contributed by atoms with van der Waals surface area (Å²) in [5.41, 5.74) is 2.33. The highest BCUT2D eigenvalue weighted by atomic mass is 16.4. The van der Waals surface area contributed by atoms with Gasteiger partial charge in [0.1, 0.15) is 17.6 Å². The first-order chi connectivity index (χ1) is 8.61. The Morgan fingerprint density at radius 3 is 2.78 bits per heavy atom. The molecular formula is C13H14N4O. The average molecular weight is 242 g/mol. The minimum Gasteiger partial charge on any atom is -0.444 e. The van der Waals surface area contributed by atoms with Gasteiger partial charge in [-0.2, -0.15) is 5.26 Å². The summed E-state index contributed by atoms with van der Waals surface area (Å²) < 4.78 is 5.46. The first kappa shape index (κ1) is 12.1. The molecule has 0 fully saturated rings. The van der Waals surface area contributed by atoms with Gasteiger partial charge in [0.25, 0.3) is 0 Å². The Labute approximate surface area is 105 Å². The summed E-state index contributed by atoms with van der Waals surface area (Å²) in [5, 5.41) is 12.1. The number of hydrogen-bond donors (Lipinski definition) is 1. The zero-order valence-electron chi connectivity index (χ0n) is 10.6. The maximum Gasteiger partial charge on any atom is 0.213 e. The van der Waals surface area contributed by atoms with Crippen LogP contribution in [0.4, 0.5) is 5.82 Å². The van der Waals surface area contributed by atoms with Gasteiger partial charge in [0.2, 0.25) is 5.89 Å². The Hall–Kier alpha value is -2.35. The zero-order valence-corrected chi connectivity index (χ0v) is 10.6. The summed E-state index contributed by atoms with van der Waals surface area (Å²) in [5.74, 6) is 1.97. The molecule has 0 amide bonds. The standard InChI is InChI=1S/C13H14N4O/c1-8-4-5-15-13(11(8)6-14)16-7-12-17-9(2)10(3)18-12/h4-5H,7H2,1-3H3,(H,15,16). The van der Waals surface area contributed by atoms with E-state index in [9.17, 15) is 0 Å². The third-order valence-corrected chi connectivity index (χ3v) is 2.75. The molecule has 2 aromatic heterocycles. The average Bonchev–Trinajstić information content (AvgIpc) is 2.66. The summed E-state index contributed by atoms with van der Waals surface area (Å²) in [6.07, 6.45) is 1.67. The summed E-state index contributed by atoms with van der Waals surface area (Å²) in [6, 6.07) is 3.95. The molecule has 0 saturated heterocycles. The van der Waals surface area contributed by atoms with E-state index in [4.69, 9.17) is 9.68 Å². The topological polar surface area (TPSA) is 74.7 Å². The van der Waals surface area contributed by atoms with Gasteiger partial charge in [-0.25, -0.2) is 9.97 Å². The number of aryl methyl sites for hydroxylation is 3. The molecule has 2 rings (SSSR count). The number of oxazole rings is 1. The van der Waals surface area contributed by atoms with Crippen molar-refractivity contribution in [2.24, 2.45) is 0 Å². The Morgan fingerprint density at radius 1 is 1.39 bits per heavy atom. The summed E-state index contributed by atoms with van der Waals surface area (Å²) in [6.45, 7) is 6.07. The molecule has 0 saturated carbocycles. The molecule has 0 unspecified atom stereocenters. The molecule has 0 bridgehead atoms. The molecule has 5 nitrogen and oxygen atoms in total. The van der Waals surface area contributed by atoms with E-state index in [2.05, 4.69) is 21.4 Å². The number of nitrogens with zero attached hydrogens (tertiary/aromatic N) is 3. The first-order valence-corrected chi connectivity index (χ1v) is 5.64. The Kier molecular flexibility index (Phi) is 3.28. The highest BCUT2D eigenvalue weighted by molar-refractivity contribution is 5.55. The fraction of sp³-hybridized carbons (Fsp3) is 0.308. The largest absolute Gasteiger partial charge is 0.444 e. The van der Waals surface area contributed by atoms with Gasteiger partial charge < -0.3 is 9.73 Å². The molecule has 0 spiro atoms. The van der Waals surface area contributed by atoms with Gasteiger partial charge in [0.15, 0.2) is 0 Å². The van der Waals surface area contributed by atoms with Gasteiger partial charge in [-0.1, -0.05) is 0 Å². The number of rotatable bonds is 3. The molecule has 2 aromatic rings. The van der Waals surface area contributed by atoms with E-state index in [1.807, 2.05) is 26.8 Å². The van der Waals surface area contributed by atoms with E-state index in [0.29, 0.717) is 23.8 Å². The van der Waals surface area contributed by atoms with Crippen molar-refractivity contribution in [1.29, 1.82) is 5.26 Å². The number of anilines is 1. The first-order valence-electron chi connectivity index (χ1n) is 5.64. The van der Waals surface area contributed by atoms with Gasteiger partial charge in [0, 0.05) is 6.20 Å². The lowest BCUT2D eigenvalue weighted by Gasteiger charge is -2.06. The minimum absolute atomic E-state index is 0.416. The van der Waals surface area contributed by atoms with Crippen LogP contribution in [0.15, 0.2) is 16.7 Å². The van der Waals surface area contributed by atoms with E-state index in [1.165, 1.54) is 0 Å². The van der Waals surface area contributed by atoms with Crippen LogP contribution in [0.3, 0.4) is 0 Å². The van der Waals surface area contributed by atoms with Gasteiger partial charge in [-0.3, -0.25) is 0 Å². The Balaban J connectivity index is 2.16. The maximum atomic E-state index is 9.08. The van der Waals surface area contributed by atoms with E-state index >= 15 is 0 Å². The van der Waals surface area contributed by atoms with Crippen LogP contribution in [-0.4, -0.2) is 9.97 Å². The number of hydrogen-bond acceptors (Lipinski definition) is 5. The van der Waals surface area contributed by atoms with Crippen LogP contribution in [0, 0.1) is 32.1 Å². The van der Waals surface area contributed by atoms with Gasteiger partial charge in [-0.15, -0.1) is 0 Å². The van der Waals surface area contributed by atoms with E-state index in [-0.39, 0.29) is 0 Å². The second-order valence-electron chi connectivity index (χ2n) is 4.07. The highest BCUT2D eigenvalue weighted by Crippen LogP contribution is 2.16. The molecule has 0 aliphatic heterocycles. The van der Waals surface area contributed by atoms with Crippen LogP contribution in [0.2, 0.25) is 0 Å². The smallest absolute Gasteiger partial charge is 0.213 e. The van der Waals surface area contributed by atoms with E-state index in [1.54, 1.807) is 6.20 Å². The van der Waals surface area contributed by atoms with Crippen molar-refractivity contribution in [3.05, 3.63) is 40.7 Å².